The summed E-state index contributed by atoms with van der Waals surface area (Å²) in [7, 11) is 0. The molecule has 0 aliphatic rings. The van der Waals surface area contributed by atoms with Crippen LogP contribution in [0.5, 0.6) is 0 Å². The highest BCUT2D eigenvalue weighted by molar-refractivity contribution is 5.91. The average Bonchev–Trinajstić information content (AvgIpc) is 2.70. The van der Waals surface area contributed by atoms with Gasteiger partial charge < -0.3 is 9.73 Å². The maximum atomic E-state index is 11.5. The molecule has 1 N–H and O–H groups in total. The molecule has 0 aliphatic carbocycles. The van der Waals surface area contributed by atoms with Crippen LogP contribution < -0.4 is 5.32 Å². The zero-order valence-corrected chi connectivity index (χ0v) is 9.45. The van der Waals surface area contributed by atoms with Gasteiger partial charge >= 0.3 is 0 Å². The van der Waals surface area contributed by atoms with Crippen LogP contribution in [0.3, 0.4) is 0 Å². The van der Waals surface area contributed by atoms with Gasteiger partial charge in [0.15, 0.2) is 5.76 Å². The molecular formula is C12H19NO2. The Hall–Kier alpha value is -1.25. The van der Waals surface area contributed by atoms with Crippen LogP contribution in [0.15, 0.2) is 22.8 Å². The molecule has 0 aromatic carbocycles. The number of carbonyl (C=O) groups excluding carboxylic acids is 1. The van der Waals surface area contributed by atoms with Crippen molar-refractivity contribution in [1.29, 1.82) is 0 Å². The van der Waals surface area contributed by atoms with E-state index in [2.05, 4.69) is 12.2 Å². The number of amides is 1. The topological polar surface area (TPSA) is 42.2 Å². The molecule has 0 unspecified atom stereocenters. The summed E-state index contributed by atoms with van der Waals surface area (Å²) >= 11 is 0. The lowest BCUT2D eigenvalue weighted by molar-refractivity contribution is 0.0910. The Labute approximate surface area is 90.9 Å². The van der Waals surface area contributed by atoms with Crippen molar-refractivity contribution in [2.75, 3.05) is 0 Å². The maximum Gasteiger partial charge on any atom is 0.287 e. The van der Waals surface area contributed by atoms with Gasteiger partial charge in [-0.05, 0) is 25.5 Å². The van der Waals surface area contributed by atoms with Gasteiger partial charge in [0, 0.05) is 6.04 Å². The van der Waals surface area contributed by atoms with Crippen molar-refractivity contribution in [1.82, 2.24) is 5.32 Å². The highest BCUT2D eigenvalue weighted by atomic mass is 16.3. The molecule has 15 heavy (non-hydrogen) atoms. The minimum absolute atomic E-state index is 0.121. The predicted octanol–water partition coefficient (Wildman–Crippen LogP) is 2.98. The van der Waals surface area contributed by atoms with Crippen LogP contribution in [-0.4, -0.2) is 11.9 Å². The van der Waals surface area contributed by atoms with Gasteiger partial charge in [-0.15, -0.1) is 0 Å². The van der Waals surface area contributed by atoms with Crippen LogP contribution in [0, 0.1) is 0 Å². The smallest absolute Gasteiger partial charge is 0.287 e. The first-order valence-electron chi connectivity index (χ1n) is 5.58. The molecule has 3 heteroatoms. The second-order valence-electron chi connectivity index (χ2n) is 3.85. The lowest BCUT2D eigenvalue weighted by Crippen LogP contribution is -2.32. The first-order valence-corrected chi connectivity index (χ1v) is 5.58. The van der Waals surface area contributed by atoms with Crippen molar-refractivity contribution in [3.05, 3.63) is 24.2 Å². The molecule has 0 bridgehead atoms. The molecular weight excluding hydrogens is 190 g/mol. The largest absolute Gasteiger partial charge is 0.459 e. The summed E-state index contributed by atoms with van der Waals surface area (Å²) in [6, 6.07) is 3.61. The molecule has 0 aliphatic heterocycles. The van der Waals surface area contributed by atoms with E-state index < -0.39 is 0 Å². The Morgan fingerprint density at radius 2 is 2.33 bits per heavy atom. The van der Waals surface area contributed by atoms with E-state index in [9.17, 15) is 4.79 Å². The number of nitrogens with one attached hydrogen (secondary N) is 1. The third-order valence-electron chi connectivity index (χ3n) is 2.36. The Kier molecular flexibility index (Phi) is 4.95. The van der Waals surface area contributed by atoms with E-state index in [1.165, 1.54) is 19.1 Å². The zero-order chi connectivity index (χ0) is 11.1. The molecule has 0 fully saturated rings. The fourth-order valence-electron chi connectivity index (χ4n) is 1.48. The molecule has 1 aromatic heterocycles. The standard InChI is InChI=1S/C12H19NO2/c1-3-4-5-7-10(2)13-12(14)11-8-6-9-15-11/h6,8-10H,3-5,7H2,1-2H3,(H,13,14)/t10-/m1/s1. The number of hydrogen-bond donors (Lipinski definition) is 1. The first kappa shape index (κ1) is 11.8. The second kappa shape index (κ2) is 6.27. The number of rotatable bonds is 6. The van der Waals surface area contributed by atoms with Gasteiger partial charge in [0.05, 0.1) is 6.26 Å². The Morgan fingerprint density at radius 1 is 1.53 bits per heavy atom. The van der Waals surface area contributed by atoms with Gasteiger partial charge in [-0.25, -0.2) is 0 Å². The minimum Gasteiger partial charge on any atom is -0.459 e. The van der Waals surface area contributed by atoms with Crippen molar-refractivity contribution in [3.63, 3.8) is 0 Å². The monoisotopic (exact) mass is 209 g/mol. The van der Waals surface area contributed by atoms with Gasteiger partial charge in [-0.1, -0.05) is 26.2 Å². The molecule has 84 valence electrons. The summed E-state index contributed by atoms with van der Waals surface area (Å²) < 4.78 is 5.01. The summed E-state index contributed by atoms with van der Waals surface area (Å²) in [5.74, 6) is 0.265. The number of hydrogen-bond acceptors (Lipinski definition) is 2. The fraction of sp³-hybridized carbons (Fsp3) is 0.583. The van der Waals surface area contributed by atoms with E-state index >= 15 is 0 Å². The third-order valence-corrected chi connectivity index (χ3v) is 2.36. The van der Waals surface area contributed by atoms with Gasteiger partial charge in [0.1, 0.15) is 0 Å². The van der Waals surface area contributed by atoms with Gasteiger partial charge in [-0.3, -0.25) is 4.79 Å². The lowest BCUT2D eigenvalue weighted by atomic mass is 10.1. The van der Waals surface area contributed by atoms with Crippen molar-refractivity contribution in [3.8, 4) is 0 Å². The highest BCUT2D eigenvalue weighted by Gasteiger charge is 2.11. The average molecular weight is 209 g/mol. The molecule has 1 amide bonds. The van der Waals surface area contributed by atoms with Crippen molar-refractivity contribution in [2.24, 2.45) is 0 Å². The van der Waals surface area contributed by atoms with E-state index in [0.29, 0.717) is 5.76 Å². The molecule has 0 saturated heterocycles. The Bertz CT molecular complexity index is 280. The summed E-state index contributed by atoms with van der Waals surface area (Å²) in [5.41, 5.74) is 0. The van der Waals surface area contributed by atoms with E-state index in [0.717, 1.165) is 12.8 Å². The number of unbranched alkanes of at least 4 members (excludes halogenated alkanes) is 2. The molecule has 3 nitrogen and oxygen atoms in total. The van der Waals surface area contributed by atoms with Crippen LogP contribution in [0.1, 0.15) is 50.1 Å². The van der Waals surface area contributed by atoms with Crippen molar-refractivity contribution >= 4 is 5.91 Å². The zero-order valence-electron chi connectivity index (χ0n) is 9.45. The quantitative estimate of drug-likeness (QED) is 0.732. The van der Waals surface area contributed by atoms with Gasteiger partial charge in [0.25, 0.3) is 5.91 Å². The molecule has 1 atom stereocenters. The van der Waals surface area contributed by atoms with Crippen LogP contribution >= 0.6 is 0 Å². The molecule has 0 radical (unpaired) electrons. The Balaban J connectivity index is 2.26. The number of carbonyl (C=O) groups is 1. The van der Waals surface area contributed by atoms with E-state index in [1.807, 2.05) is 6.92 Å². The highest BCUT2D eigenvalue weighted by Crippen LogP contribution is 2.05. The number of furan rings is 1. The fourth-order valence-corrected chi connectivity index (χ4v) is 1.48. The molecule has 0 saturated carbocycles. The maximum absolute atomic E-state index is 11.5. The van der Waals surface area contributed by atoms with Crippen LogP contribution in [0.4, 0.5) is 0 Å². The van der Waals surface area contributed by atoms with E-state index in [4.69, 9.17) is 4.42 Å². The van der Waals surface area contributed by atoms with E-state index in [1.54, 1.807) is 12.1 Å². The SMILES string of the molecule is CCCCC[C@@H](C)NC(=O)c1ccco1. The first-order chi connectivity index (χ1) is 7.24. The molecule has 1 aromatic rings. The van der Waals surface area contributed by atoms with Gasteiger partial charge in [0.2, 0.25) is 0 Å². The predicted molar refractivity (Wildman–Crippen MR) is 59.8 cm³/mol. The van der Waals surface area contributed by atoms with Gasteiger partial charge in [-0.2, -0.15) is 0 Å². The summed E-state index contributed by atoms with van der Waals surface area (Å²) in [5, 5.41) is 2.91. The summed E-state index contributed by atoms with van der Waals surface area (Å²) in [6.07, 6.45) is 6.13. The third kappa shape index (κ3) is 4.19. The summed E-state index contributed by atoms with van der Waals surface area (Å²) in [6.45, 7) is 4.20. The normalized spacial score (nSPS) is 12.4. The molecule has 1 rings (SSSR count). The Morgan fingerprint density at radius 3 is 2.93 bits per heavy atom. The second-order valence-corrected chi connectivity index (χ2v) is 3.85. The van der Waals surface area contributed by atoms with E-state index in [-0.39, 0.29) is 11.9 Å². The molecule has 1 heterocycles. The van der Waals surface area contributed by atoms with Crippen molar-refractivity contribution in [2.45, 2.75) is 45.6 Å². The molecule has 0 spiro atoms. The lowest BCUT2D eigenvalue weighted by Gasteiger charge is -2.12. The van der Waals surface area contributed by atoms with Crippen LogP contribution in [0.2, 0.25) is 0 Å². The minimum atomic E-state index is -0.121. The van der Waals surface area contributed by atoms with Crippen LogP contribution in [0.25, 0.3) is 0 Å². The summed E-state index contributed by atoms with van der Waals surface area (Å²) in [4.78, 5) is 11.5. The van der Waals surface area contributed by atoms with Crippen molar-refractivity contribution < 1.29 is 9.21 Å². The van der Waals surface area contributed by atoms with Crippen LogP contribution in [-0.2, 0) is 0 Å².